The second-order valence-electron chi connectivity index (χ2n) is 3.98. The molecule has 3 heteroatoms. The zero-order valence-corrected chi connectivity index (χ0v) is 12.0. The second-order valence-corrected chi connectivity index (χ2v) is 5.30. The van der Waals surface area contributed by atoms with E-state index in [0.29, 0.717) is 10.6 Å². The number of carbonyl (C=O) groups excluding carboxylic acids is 1. The average Bonchev–Trinajstić information content (AvgIpc) is 2.45. The van der Waals surface area contributed by atoms with Crippen molar-refractivity contribution in [2.45, 2.75) is 4.90 Å². The Hall–Kier alpha value is -1.51. The van der Waals surface area contributed by atoms with Gasteiger partial charge in [0.25, 0.3) is 0 Å². The highest BCUT2D eigenvalue weighted by Gasteiger charge is 2.01. The molecule has 0 amide bonds. The van der Waals surface area contributed by atoms with Gasteiger partial charge in [0, 0.05) is 15.5 Å². The minimum absolute atomic E-state index is 0.00683. The number of ketones is 1. The van der Waals surface area contributed by atoms with Crippen LogP contribution in [0.2, 0.25) is 5.02 Å². The topological polar surface area (TPSA) is 17.1 Å². The Labute approximate surface area is 122 Å². The van der Waals surface area contributed by atoms with Crippen LogP contribution < -0.4 is 0 Å². The summed E-state index contributed by atoms with van der Waals surface area (Å²) in [5.41, 5.74) is 1.61. The monoisotopic (exact) mass is 288 g/mol. The van der Waals surface area contributed by atoms with Crippen molar-refractivity contribution in [1.82, 2.24) is 0 Å². The van der Waals surface area contributed by atoms with Crippen LogP contribution in [-0.4, -0.2) is 12.0 Å². The molecule has 0 fully saturated rings. The summed E-state index contributed by atoms with van der Waals surface area (Å²) < 4.78 is 0. The van der Waals surface area contributed by atoms with Gasteiger partial charge in [-0.3, -0.25) is 4.79 Å². The number of halogens is 1. The summed E-state index contributed by atoms with van der Waals surface area (Å²) in [6.07, 6.45) is 5.35. The van der Waals surface area contributed by atoms with E-state index in [1.54, 1.807) is 23.9 Å². The Morgan fingerprint density at radius 1 is 1.16 bits per heavy atom. The lowest BCUT2D eigenvalue weighted by Crippen LogP contribution is -1.93. The Morgan fingerprint density at radius 3 is 2.53 bits per heavy atom. The fourth-order valence-electron chi connectivity index (χ4n) is 1.63. The number of benzene rings is 2. The van der Waals surface area contributed by atoms with Gasteiger partial charge in [-0.1, -0.05) is 29.8 Å². The van der Waals surface area contributed by atoms with E-state index in [2.05, 4.69) is 0 Å². The van der Waals surface area contributed by atoms with Crippen molar-refractivity contribution in [3.63, 3.8) is 0 Å². The SMILES string of the molecule is CSc1ccc(C(=O)C=Cc2cccc(Cl)c2)cc1. The number of allylic oxidation sites excluding steroid dienone is 1. The molecule has 2 rings (SSSR count). The summed E-state index contributed by atoms with van der Waals surface area (Å²) in [6, 6.07) is 15.0. The number of thioether (sulfide) groups is 1. The molecule has 19 heavy (non-hydrogen) atoms. The summed E-state index contributed by atoms with van der Waals surface area (Å²) in [5, 5.41) is 0.666. The number of carbonyl (C=O) groups is 1. The zero-order valence-electron chi connectivity index (χ0n) is 10.5. The Balaban J connectivity index is 2.11. The number of rotatable bonds is 4. The number of hydrogen-bond donors (Lipinski definition) is 0. The second kappa shape index (κ2) is 6.60. The van der Waals surface area contributed by atoms with E-state index in [0.717, 1.165) is 10.5 Å². The van der Waals surface area contributed by atoms with Crippen molar-refractivity contribution in [3.8, 4) is 0 Å². The quantitative estimate of drug-likeness (QED) is 0.449. The third-order valence-corrected chi connectivity index (χ3v) is 3.63. The van der Waals surface area contributed by atoms with Gasteiger partial charge in [0.1, 0.15) is 0 Å². The van der Waals surface area contributed by atoms with Crippen LogP contribution in [0, 0.1) is 0 Å². The van der Waals surface area contributed by atoms with Gasteiger partial charge in [-0.25, -0.2) is 0 Å². The van der Waals surface area contributed by atoms with Crippen molar-refractivity contribution < 1.29 is 4.79 Å². The molecule has 0 bridgehead atoms. The molecule has 0 spiro atoms. The molecule has 0 heterocycles. The Kier molecular flexibility index (Phi) is 4.83. The van der Waals surface area contributed by atoms with Gasteiger partial charge in [-0.2, -0.15) is 0 Å². The summed E-state index contributed by atoms with van der Waals surface area (Å²) in [4.78, 5) is 13.1. The maximum Gasteiger partial charge on any atom is 0.185 e. The number of hydrogen-bond acceptors (Lipinski definition) is 2. The molecule has 0 aromatic heterocycles. The smallest absolute Gasteiger partial charge is 0.185 e. The van der Waals surface area contributed by atoms with Crippen LogP contribution in [-0.2, 0) is 0 Å². The fourth-order valence-corrected chi connectivity index (χ4v) is 2.24. The summed E-state index contributed by atoms with van der Waals surface area (Å²) >= 11 is 7.55. The molecule has 2 aromatic rings. The third-order valence-electron chi connectivity index (χ3n) is 2.65. The van der Waals surface area contributed by atoms with Crippen LogP contribution in [0.1, 0.15) is 15.9 Å². The van der Waals surface area contributed by atoms with Crippen molar-refractivity contribution in [2.75, 3.05) is 6.26 Å². The maximum absolute atomic E-state index is 12.0. The molecule has 96 valence electrons. The Morgan fingerprint density at radius 2 is 1.89 bits per heavy atom. The molecule has 1 nitrogen and oxygen atoms in total. The van der Waals surface area contributed by atoms with Crippen molar-refractivity contribution in [2.24, 2.45) is 0 Å². The standard InChI is InChI=1S/C16H13ClOS/c1-19-15-8-6-13(7-9-15)16(18)10-5-12-3-2-4-14(17)11-12/h2-11H,1H3. The molecule has 0 radical (unpaired) electrons. The molecule has 0 aliphatic heterocycles. The molecular weight excluding hydrogens is 276 g/mol. The zero-order chi connectivity index (χ0) is 13.7. The molecule has 0 saturated heterocycles. The normalized spacial score (nSPS) is 10.8. The molecule has 0 aliphatic carbocycles. The van der Waals surface area contributed by atoms with E-state index < -0.39 is 0 Å². The summed E-state index contributed by atoms with van der Waals surface area (Å²) in [5.74, 6) is -0.00683. The van der Waals surface area contributed by atoms with Crippen molar-refractivity contribution in [1.29, 1.82) is 0 Å². The van der Waals surface area contributed by atoms with Gasteiger partial charge >= 0.3 is 0 Å². The van der Waals surface area contributed by atoms with Gasteiger partial charge in [0.15, 0.2) is 5.78 Å². The highest BCUT2D eigenvalue weighted by Crippen LogP contribution is 2.16. The van der Waals surface area contributed by atoms with Gasteiger partial charge in [0.05, 0.1) is 0 Å². The van der Waals surface area contributed by atoms with E-state index >= 15 is 0 Å². The molecule has 0 N–H and O–H groups in total. The predicted molar refractivity (Wildman–Crippen MR) is 83.0 cm³/mol. The lowest BCUT2D eigenvalue weighted by atomic mass is 10.1. The van der Waals surface area contributed by atoms with Crippen LogP contribution in [0.3, 0.4) is 0 Å². The minimum Gasteiger partial charge on any atom is -0.289 e. The minimum atomic E-state index is -0.00683. The summed E-state index contributed by atoms with van der Waals surface area (Å²) in [7, 11) is 0. The largest absolute Gasteiger partial charge is 0.289 e. The third kappa shape index (κ3) is 3.98. The van der Waals surface area contributed by atoms with E-state index in [9.17, 15) is 4.79 Å². The van der Waals surface area contributed by atoms with E-state index in [-0.39, 0.29) is 5.78 Å². The Bertz CT molecular complexity index is 602. The van der Waals surface area contributed by atoms with E-state index in [4.69, 9.17) is 11.6 Å². The van der Waals surface area contributed by atoms with Crippen molar-refractivity contribution >= 4 is 35.2 Å². The first-order valence-electron chi connectivity index (χ1n) is 5.81. The van der Waals surface area contributed by atoms with Crippen LogP contribution in [0.5, 0.6) is 0 Å². The molecular formula is C16H13ClOS. The molecule has 0 atom stereocenters. The van der Waals surface area contributed by atoms with E-state index in [1.807, 2.05) is 54.8 Å². The maximum atomic E-state index is 12.0. The molecule has 2 aromatic carbocycles. The fraction of sp³-hybridized carbons (Fsp3) is 0.0625. The molecule has 0 aliphatic rings. The predicted octanol–water partition coefficient (Wildman–Crippen LogP) is 4.96. The lowest BCUT2D eigenvalue weighted by Gasteiger charge is -1.98. The van der Waals surface area contributed by atoms with Crippen LogP contribution in [0.4, 0.5) is 0 Å². The molecule has 0 unspecified atom stereocenters. The van der Waals surface area contributed by atoms with Crippen LogP contribution in [0.15, 0.2) is 59.5 Å². The summed E-state index contributed by atoms with van der Waals surface area (Å²) in [6.45, 7) is 0. The molecule has 0 saturated carbocycles. The van der Waals surface area contributed by atoms with Gasteiger partial charge < -0.3 is 0 Å². The first kappa shape index (κ1) is 13.9. The average molecular weight is 289 g/mol. The van der Waals surface area contributed by atoms with Gasteiger partial charge in [-0.05, 0) is 54.3 Å². The van der Waals surface area contributed by atoms with Crippen molar-refractivity contribution in [3.05, 3.63) is 70.8 Å². The van der Waals surface area contributed by atoms with Crippen LogP contribution >= 0.6 is 23.4 Å². The highest BCUT2D eigenvalue weighted by atomic mass is 35.5. The van der Waals surface area contributed by atoms with Gasteiger partial charge in [-0.15, -0.1) is 11.8 Å². The highest BCUT2D eigenvalue weighted by molar-refractivity contribution is 7.98. The van der Waals surface area contributed by atoms with E-state index in [1.165, 1.54) is 0 Å². The van der Waals surface area contributed by atoms with Crippen LogP contribution in [0.25, 0.3) is 6.08 Å². The first-order chi connectivity index (χ1) is 9.19. The lowest BCUT2D eigenvalue weighted by molar-refractivity contribution is 0.104. The van der Waals surface area contributed by atoms with Gasteiger partial charge in [0.2, 0.25) is 0 Å². The first-order valence-corrected chi connectivity index (χ1v) is 7.41.